The molecule has 0 bridgehead atoms. The molecule has 0 aliphatic heterocycles. The molecule has 0 spiro atoms. The Kier molecular flexibility index (Phi) is 5.35. The lowest BCUT2D eigenvalue weighted by molar-refractivity contribution is 0.0955. The number of carbonyl (C=O) groups excluding carboxylic acids is 1. The lowest BCUT2D eigenvalue weighted by atomic mass is 10.2. The predicted octanol–water partition coefficient (Wildman–Crippen LogP) is 3.50. The Labute approximate surface area is 128 Å². The van der Waals surface area contributed by atoms with E-state index in [2.05, 4.69) is 10.5 Å². The SMILES string of the molecule is CCOc1ccccc1/C=N\NC(=O)c1cccc(Cl)c1. The van der Waals surface area contributed by atoms with Crippen molar-refractivity contribution in [1.82, 2.24) is 5.43 Å². The number of hydrogen-bond donors (Lipinski definition) is 1. The molecule has 0 unspecified atom stereocenters. The first-order chi connectivity index (χ1) is 10.2. The second kappa shape index (κ2) is 7.45. The van der Waals surface area contributed by atoms with E-state index in [-0.39, 0.29) is 5.91 Å². The fourth-order valence-corrected chi connectivity index (χ4v) is 1.92. The molecule has 2 aromatic carbocycles. The highest BCUT2D eigenvalue weighted by Gasteiger charge is 2.04. The molecular formula is C16H15ClN2O2. The highest BCUT2D eigenvalue weighted by molar-refractivity contribution is 6.30. The van der Waals surface area contributed by atoms with Gasteiger partial charge in [-0.05, 0) is 37.3 Å². The Morgan fingerprint density at radius 2 is 2.10 bits per heavy atom. The van der Waals surface area contributed by atoms with Gasteiger partial charge in [0.05, 0.1) is 12.8 Å². The molecule has 108 valence electrons. The second-order valence-electron chi connectivity index (χ2n) is 4.18. The van der Waals surface area contributed by atoms with E-state index in [0.717, 1.165) is 11.3 Å². The normalized spacial score (nSPS) is 10.6. The number of hydrogen-bond acceptors (Lipinski definition) is 3. The average molecular weight is 303 g/mol. The van der Waals surface area contributed by atoms with Crippen molar-refractivity contribution < 1.29 is 9.53 Å². The number of amides is 1. The van der Waals surface area contributed by atoms with Gasteiger partial charge in [-0.1, -0.05) is 29.8 Å². The number of benzene rings is 2. The molecule has 0 saturated carbocycles. The number of hydrazone groups is 1. The summed E-state index contributed by atoms with van der Waals surface area (Å²) in [6, 6.07) is 14.1. The molecule has 5 heteroatoms. The zero-order valence-corrected chi connectivity index (χ0v) is 12.3. The Morgan fingerprint density at radius 3 is 2.86 bits per heavy atom. The number of rotatable bonds is 5. The van der Waals surface area contributed by atoms with Crippen molar-refractivity contribution >= 4 is 23.7 Å². The van der Waals surface area contributed by atoms with E-state index in [4.69, 9.17) is 16.3 Å². The number of para-hydroxylation sites is 1. The van der Waals surface area contributed by atoms with Crippen LogP contribution in [0.25, 0.3) is 0 Å². The van der Waals surface area contributed by atoms with Crippen molar-refractivity contribution in [2.45, 2.75) is 6.92 Å². The van der Waals surface area contributed by atoms with Crippen molar-refractivity contribution in [3.05, 3.63) is 64.7 Å². The van der Waals surface area contributed by atoms with Crippen LogP contribution in [0, 0.1) is 0 Å². The second-order valence-corrected chi connectivity index (χ2v) is 4.62. The summed E-state index contributed by atoms with van der Waals surface area (Å²) in [5.41, 5.74) is 3.71. The molecule has 0 saturated heterocycles. The molecule has 0 aliphatic carbocycles. The van der Waals surface area contributed by atoms with Crippen molar-refractivity contribution in [3.63, 3.8) is 0 Å². The van der Waals surface area contributed by atoms with Crippen LogP contribution in [0.2, 0.25) is 5.02 Å². The molecule has 0 heterocycles. The van der Waals surface area contributed by atoms with E-state index < -0.39 is 0 Å². The molecule has 0 atom stereocenters. The van der Waals surface area contributed by atoms with Crippen LogP contribution in [-0.2, 0) is 0 Å². The Bertz CT molecular complexity index is 656. The Balaban J connectivity index is 2.04. The first-order valence-corrected chi connectivity index (χ1v) is 6.89. The summed E-state index contributed by atoms with van der Waals surface area (Å²) in [5.74, 6) is 0.406. The zero-order valence-electron chi connectivity index (χ0n) is 11.5. The number of halogens is 1. The molecule has 0 fully saturated rings. The van der Waals surface area contributed by atoms with Gasteiger partial charge in [0.25, 0.3) is 5.91 Å². The fourth-order valence-electron chi connectivity index (χ4n) is 1.73. The first-order valence-electron chi connectivity index (χ1n) is 6.51. The third-order valence-electron chi connectivity index (χ3n) is 2.68. The monoisotopic (exact) mass is 302 g/mol. The zero-order chi connectivity index (χ0) is 15.1. The molecule has 4 nitrogen and oxygen atoms in total. The lowest BCUT2D eigenvalue weighted by Crippen LogP contribution is -2.17. The largest absolute Gasteiger partial charge is 0.493 e. The van der Waals surface area contributed by atoms with Gasteiger partial charge in [0, 0.05) is 16.1 Å². The van der Waals surface area contributed by atoms with Gasteiger partial charge in [0.1, 0.15) is 5.75 Å². The number of carbonyl (C=O) groups is 1. The molecule has 0 radical (unpaired) electrons. The highest BCUT2D eigenvalue weighted by atomic mass is 35.5. The summed E-state index contributed by atoms with van der Waals surface area (Å²) in [5, 5.41) is 4.45. The maximum atomic E-state index is 11.9. The minimum atomic E-state index is -0.317. The van der Waals surface area contributed by atoms with E-state index in [9.17, 15) is 4.79 Å². The van der Waals surface area contributed by atoms with Gasteiger partial charge in [-0.3, -0.25) is 4.79 Å². The van der Waals surface area contributed by atoms with Crippen molar-refractivity contribution in [2.24, 2.45) is 5.10 Å². The van der Waals surface area contributed by atoms with Crippen molar-refractivity contribution in [1.29, 1.82) is 0 Å². The molecular weight excluding hydrogens is 288 g/mol. The smallest absolute Gasteiger partial charge is 0.271 e. The third-order valence-corrected chi connectivity index (χ3v) is 2.91. The van der Waals surface area contributed by atoms with E-state index in [1.54, 1.807) is 30.5 Å². The third kappa shape index (κ3) is 4.33. The van der Waals surface area contributed by atoms with Crippen molar-refractivity contribution in [3.8, 4) is 5.75 Å². The average Bonchev–Trinajstić information content (AvgIpc) is 2.49. The van der Waals surface area contributed by atoms with Crippen LogP contribution in [0.5, 0.6) is 5.75 Å². The van der Waals surface area contributed by atoms with E-state index >= 15 is 0 Å². The number of nitrogens with zero attached hydrogens (tertiary/aromatic N) is 1. The van der Waals surface area contributed by atoms with Gasteiger partial charge >= 0.3 is 0 Å². The van der Waals surface area contributed by atoms with E-state index in [1.165, 1.54) is 0 Å². The Morgan fingerprint density at radius 1 is 1.29 bits per heavy atom. The van der Waals surface area contributed by atoms with Gasteiger partial charge in [-0.25, -0.2) is 5.43 Å². The fraction of sp³-hybridized carbons (Fsp3) is 0.125. The van der Waals surface area contributed by atoms with Crippen LogP contribution in [0.15, 0.2) is 53.6 Å². The molecule has 2 rings (SSSR count). The van der Waals surface area contributed by atoms with Crippen molar-refractivity contribution in [2.75, 3.05) is 6.61 Å². The van der Waals surface area contributed by atoms with Gasteiger partial charge in [0.15, 0.2) is 0 Å². The number of ether oxygens (including phenoxy) is 1. The quantitative estimate of drug-likeness (QED) is 0.679. The van der Waals surface area contributed by atoms with Crippen LogP contribution in [0.4, 0.5) is 0 Å². The van der Waals surface area contributed by atoms with Gasteiger partial charge < -0.3 is 4.74 Å². The highest BCUT2D eigenvalue weighted by Crippen LogP contribution is 2.15. The summed E-state index contributed by atoms with van der Waals surface area (Å²) >= 11 is 5.84. The summed E-state index contributed by atoms with van der Waals surface area (Å²) < 4.78 is 5.47. The van der Waals surface area contributed by atoms with E-state index in [0.29, 0.717) is 17.2 Å². The molecule has 0 aliphatic rings. The van der Waals surface area contributed by atoms with Gasteiger partial charge in [-0.2, -0.15) is 5.10 Å². The molecule has 21 heavy (non-hydrogen) atoms. The number of nitrogens with one attached hydrogen (secondary N) is 1. The summed E-state index contributed by atoms with van der Waals surface area (Å²) in [6.07, 6.45) is 1.55. The lowest BCUT2D eigenvalue weighted by Gasteiger charge is -2.05. The van der Waals surface area contributed by atoms with Gasteiger partial charge in [0.2, 0.25) is 0 Å². The molecule has 0 aromatic heterocycles. The summed E-state index contributed by atoms with van der Waals surface area (Å²) in [4.78, 5) is 11.9. The predicted molar refractivity (Wildman–Crippen MR) is 84.1 cm³/mol. The van der Waals surface area contributed by atoms with Gasteiger partial charge in [-0.15, -0.1) is 0 Å². The standard InChI is InChI=1S/C16H15ClN2O2/c1-2-21-15-9-4-3-6-13(15)11-18-19-16(20)12-7-5-8-14(17)10-12/h3-11H,2H2,1H3,(H,19,20)/b18-11-. The van der Waals surface area contributed by atoms with Crippen LogP contribution in [0.1, 0.15) is 22.8 Å². The summed E-state index contributed by atoms with van der Waals surface area (Å²) in [6.45, 7) is 2.48. The van der Waals surface area contributed by atoms with Crippen LogP contribution < -0.4 is 10.2 Å². The molecule has 1 amide bonds. The van der Waals surface area contributed by atoms with Crippen LogP contribution in [0.3, 0.4) is 0 Å². The van der Waals surface area contributed by atoms with Crippen LogP contribution in [-0.4, -0.2) is 18.7 Å². The maximum Gasteiger partial charge on any atom is 0.271 e. The minimum absolute atomic E-state index is 0.317. The van der Waals surface area contributed by atoms with Crippen LogP contribution >= 0.6 is 11.6 Å². The minimum Gasteiger partial charge on any atom is -0.493 e. The Hall–Kier alpha value is -2.33. The first kappa shape index (κ1) is 15.1. The molecule has 1 N–H and O–H groups in total. The summed E-state index contributed by atoms with van der Waals surface area (Å²) in [7, 11) is 0. The molecule has 2 aromatic rings. The van der Waals surface area contributed by atoms with E-state index in [1.807, 2.05) is 31.2 Å². The maximum absolute atomic E-state index is 11.9. The topological polar surface area (TPSA) is 50.7 Å².